The van der Waals surface area contributed by atoms with Crippen molar-refractivity contribution < 1.29 is 17.9 Å². The number of ether oxygens (including phenoxy) is 1. The van der Waals surface area contributed by atoms with Crippen molar-refractivity contribution >= 4 is 27.3 Å². The van der Waals surface area contributed by atoms with Crippen LogP contribution in [0.4, 0.5) is 11.4 Å². The first-order valence-corrected chi connectivity index (χ1v) is 10.1. The van der Waals surface area contributed by atoms with E-state index in [2.05, 4.69) is 4.72 Å². The van der Waals surface area contributed by atoms with Gasteiger partial charge in [0.15, 0.2) is 0 Å². The molecule has 1 unspecified atom stereocenters. The van der Waals surface area contributed by atoms with Crippen molar-refractivity contribution in [2.75, 3.05) is 28.5 Å². The fourth-order valence-electron chi connectivity index (χ4n) is 3.30. The van der Waals surface area contributed by atoms with Gasteiger partial charge in [-0.3, -0.25) is 9.52 Å². The van der Waals surface area contributed by atoms with Crippen LogP contribution >= 0.6 is 0 Å². The Hall–Kier alpha value is -1.60. The van der Waals surface area contributed by atoms with Crippen LogP contribution in [-0.4, -0.2) is 39.3 Å². The van der Waals surface area contributed by atoms with E-state index in [9.17, 15) is 13.2 Å². The molecule has 3 rings (SSSR count). The number of hydrogen-bond donors (Lipinski definition) is 1. The van der Waals surface area contributed by atoms with Gasteiger partial charge >= 0.3 is 0 Å². The van der Waals surface area contributed by atoms with Gasteiger partial charge in [0.25, 0.3) is 5.91 Å². The normalized spacial score (nSPS) is 20.5. The molecule has 1 aromatic carbocycles. The molecule has 0 spiro atoms. The number of amides is 1. The summed E-state index contributed by atoms with van der Waals surface area (Å²) in [6.45, 7) is 5.01. The zero-order chi connectivity index (χ0) is 17.3. The van der Waals surface area contributed by atoms with Gasteiger partial charge in [-0.05, 0) is 48.9 Å². The van der Waals surface area contributed by atoms with E-state index in [-0.39, 0.29) is 23.7 Å². The third-order valence-corrected chi connectivity index (χ3v) is 5.92. The number of benzene rings is 1. The Bertz CT molecular complexity index is 724. The van der Waals surface area contributed by atoms with E-state index < -0.39 is 10.0 Å². The molecule has 24 heavy (non-hydrogen) atoms. The Morgan fingerprint density at radius 1 is 1.42 bits per heavy atom. The molecule has 0 saturated carbocycles. The number of nitrogens with one attached hydrogen (secondary N) is 1. The predicted octanol–water partition coefficient (Wildman–Crippen LogP) is 2.15. The molecule has 1 saturated heterocycles. The van der Waals surface area contributed by atoms with Crippen LogP contribution in [0.1, 0.15) is 32.3 Å². The maximum Gasteiger partial charge on any atom is 0.256 e. The van der Waals surface area contributed by atoms with Crippen molar-refractivity contribution in [1.29, 1.82) is 0 Å². The van der Waals surface area contributed by atoms with Crippen LogP contribution in [0, 0.1) is 5.92 Å². The topological polar surface area (TPSA) is 75.7 Å². The minimum atomic E-state index is -3.34. The van der Waals surface area contributed by atoms with Crippen LogP contribution < -0.4 is 9.62 Å². The van der Waals surface area contributed by atoms with Gasteiger partial charge in [-0.15, -0.1) is 0 Å². The summed E-state index contributed by atoms with van der Waals surface area (Å²) in [5.74, 6) is 0.170. The van der Waals surface area contributed by atoms with Crippen molar-refractivity contribution in [2.45, 2.75) is 39.2 Å². The van der Waals surface area contributed by atoms with Crippen molar-refractivity contribution in [3.8, 4) is 0 Å². The SMILES string of the molecule is CC(C)CS(=O)(=O)Nc1ccc2c(c1)CCN2C(=O)C1CCCO1. The quantitative estimate of drug-likeness (QED) is 0.881. The van der Waals surface area contributed by atoms with Crippen LogP contribution in [0.3, 0.4) is 0 Å². The van der Waals surface area contributed by atoms with E-state index in [1.54, 1.807) is 11.0 Å². The zero-order valence-electron chi connectivity index (χ0n) is 14.1. The highest BCUT2D eigenvalue weighted by molar-refractivity contribution is 7.92. The number of carbonyl (C=O) groups is 1. The Morgan fingerprint density at radius 2 is 2.21 bits per heavy atom. The van der Waals surface area contributed by atoms with Gasteiger partial charge in [-0.2, -0.15) is 0 Å². The summed E-state index contributed by atoms with van der Waals surface area (Å²) in [7, 11) is -3.34. The number of anilines is 2. The number of sulfonamides is 1. The summed E-state index contributed by atoms with van der Waals surface area (Å²) < 4.78 is 32.2. The fraction of sp³-hybridized carbons (Fsp3) is 0.588. The molecule has 2 aliphatic rings. The lowest BCUT2D eigenvalue weighted by molar-refractivity contribution is -0.127. The van der Waals surface area contributed by atoms with Gasteiger partial charge in [0.1, 0.15) is 6.10 Å². The van der Waals surface area contributed by atoms with Crippen LogP contribution in [0.5, 0.6) is 0 Å². The van der Waals surface area contributed by atoms with Gasteiger partial charge in [0.05, 0.1) is 5.75 Å². The molecule has 1 fully saturated rings. The molecule has 2 heterocycles. The standard InChI is InChI=1S/C17H24N2O4S/c1-12(2)11-24(21,22)18-14-5-6-15-13(10-14)7-8-19(15)17(20)16-4-3-9-23-16/h5-6,10,12,16,18H,3-4,7-9,11H2,1-2H3. The number of hydrogen-bond acceptors (Lipinski definition) is 4. The molecule has 6 nitrogen and oxygen atoms in total. The van der Waals surface area contributed by atoms with E-state index in [0.717, 1.165) is 30.5 Å². The lowest BCUT2D eigenvalue weighted by Gasteiger charge is -2.21. The van der Waals surface area contributed by atoms with Crippen LogP contribution in [0.2, 0.25) is 0 Å². The monoisotopic (exact) mass is 352 g/mol. The molecule has 7 heteroatoms. The average molecular weight is 352 g/mol. The van der Waals surface area contributed by atoms with Crippen molar-refractivity contribution in [1.82, 2.24) is 0 Å². The Morgan fingerprint density at radius 3 is 2.88 bits per heavy atom. The van der Waals surface area contributed by atoms with E-state index in [1.807, 2.05) is 26.0 Å². The van der Waals surface area contributed by atoms with E-state index in [1.165, 1.54) is 0 Å². The second-order valence-corrected chi connectivity index (χ2v) is 8.63. The molecule has 1 atom stereocenters. The summed E-state index contributed by atoms with van der Waals surface area (Å²) in [4.78, 5) is 14.3. The third-order valence-electron chi connectivity index (χ3n) is 4.27. The fourth-order valence-corrected chi connectivity index (χ4v) is 4.75. The molecule has 132 valence electrons. The smallest absolute Gasteiger partial charge is 0.256 e. The van der Waals surface area contributed by atoms with Gasteiger partial charge < -0.3 is 9.64 Å². The van der Waals surface area contributed by atoms with Crippen molar-refractivity contribution in [3.63, 3.8) is 0 Å². The maximum absolute atomic E-state index is 12.5. The molecular weight excluding hydrogens is 328 g/mol. The summed E-state index contributed by atoms with van der Waals surface area (Å²) in [6, 6.07) is 5.37. The molecule has 1 N–H and O–H groups in total. The first-order valence-electron chi connectivity index (χ1n) is 8.42. The van der Waals surface area contributed by atoms with Gasteiger partial charge in [-0.25, -0.2) is 8.42 Å². The first-order chi connectivity index (χ1) is 11.4. The predicted molar refractivity (Wildman–Crippen MR) is 93.7 cm³/mol. The molecule has 1 amide bonds. The average Bonchev–Trinajstić information content (AvgIpc) is 3.14. The Kier molecular flexibility index (Phi) is 4.83. The maximum atomic E-state index is 12.5. The molecule has 0 aromatic heterocycles. The van der Waals surface area contributed by atoms with Crippen molar-refractivity contribution in [3.05, 3.63) is 23.8 Å². The lowest BCUT2D eigenvalue weighted by atomic mass is 10.1. The van der Waals surface area contributed by atoms with Crippen LogP contribution in [0.25, 0.3) is 0 Å². The largest absolute Gasteiger partial charge is 0.368 e. The minimum Gasteiger partial charge on any atom is -0.368 e. The molecule has 0 radical (unpaired) electrons. The second kappa shape index (κ2) is 6.72. The number of rotatable bonds is 5. The van der Waals surface area contributed by atoms with Gasteiger partial charge in [0.2, 0.25) is 10.0 Å². The second-order valence-electron chi connectivity index (χ2n) is 6.86. The van der Waals surface area contributed by atoms with E-state index >= 15 is 0 Å². The van der Waals surface area contributed by atoms with Gasteiger partial charge in [0, 0.05) is 24.5 Å². The van der Waals surface area contributed by atoms with E-state index in [4.69, 9.17) is 4.74 Å². The summed E-state index contributed by atoms with van der Waals surface area (Å²) in [6.07, 6.45) is 2.10. The highest BCUT2D eigenvalue weighted by Gasteiger charge is 2.32. The molecular formula is C17H24N2O4S. The molecule has 0 aliphatic carbocycles. The molecule has 2 aliphatic heterocycles. The lowest BCUT2D eigenvalue weighted by Crippen LogP contribution is -2.37. The van der Waals surface area contributed by atoms with E-state index in [0.29, 0.717) is 18.8 Å². The summed E-state index contributed by atoms with van der Waals surface area (Å²) >= 11 is 0. The number of fused-ring (bicyclic) bond motifs is 1. The molecule has 0 bridgehead atoms. The first kappa shape index (κ1) is 17.2. The summed E-state index contributed by atoms with van der Waals surface area (Å²) in [5.41, 5.74) is 2.41. The van der Waals surface area contributed by atoms with Crippen LogP contribution in [-0.2, 0) is 26.0 Å². The highest BCUT2D eigenvalue weighted by Crippen LogP contribution is 2.32. The van der Waals surface area contributed by atoms with Crippen molar-refractivity contribution in [2.24, 2.45) is 5.92 Å². The molecule has 1 aromatic rings. The van der Waals surface area contributed by atoms with Crippen LogP contribution in [0.15, 0.2) is 18.2 Å². The highest BCUT2D eigenvalue weighted by atomic mass is 32.2. The zero-order valence-corrected chi connectivity index (χ0v) is 14.9. The third kappa shape index (κ3) is 3.72. The summed E-state index contributed by atoms with van der Waals surface area (Å²) in [5, 5.41) is 0. The Labute approximate surface area is 143 Å². The Balaban J connectivity index is 1.74. The van der Waals surface area contributed by atoms with Gasteiger partial charge in [-0.1, -0.05) is 13.8 Å². The number of carbonyl (C=O) groups excluding carboxylic acids is 1. The number of nitrogens with zero attached hydrogens (tertiary/aromatic N) is 1. The minimum absolute atomic E-state index is 0.0133.